The van der Waals surface area contributed by atoms with Crippen molar-refractivity contribution in [1.82, 2.24) is 4.90 Å². The zero-order chi connectivity index (χ0) is 24.1. The van der Waals surface area contributed by atoms with Gasteiger partial charge < -0.3 is 24.6 Å². The largest absolute Gasteiger partial charge is 0.508 e. The Morgan fingerprint density at radius 2 is 1.82 bits per heavy atom. The molecule has 7 heteroatoms. The number of aliphatic hydroxyl groups is 1. The quantitative estimate of drug-likeness (QED) is 0.256. The van der Waals surface area contributed by atoms with Crippen molar-refractivity contribution in [3.05, 3.63) is 64.7 Å². The molecular formula is C26H31NO6. The fourth-order valence-corrected chi connectivity index (χ4v) is 3.89. The molecule has 0 radical (unpaired) electrons. The molecule has 1 aliphatic heterocycles. The van der Waals surface area contributed by atoms with Gasteiger partial charge in [0.2, 0.25) is 0 Å². The van der Waals surface area contributed by atoms with E-state index in [0.717, 1.165) is 5.56 Å². The molecule has 0 aliphatic carbocycles. The number of aryl methyl sites for hydroxylation is 1. The van der Waals surface area contributed by atoms with Gasteiger partial charge in [-0.1, -0.05) is 26.0 Å². The standard InChI is InChI=1S/C26H31NO6/c1-16(2)15-33-20-10-11-21(17(3)14-20)24(29)22-23(18-6-8-19(28)9-7-18)27(12-5-13-32-4)26(31)25(22)30/h6-11,14,16,23,28-29H,5,12-13,15H2,1-4H3/b24-22+/t23-/m0/s1. The zero-order valence-electron chi connectivity index (χ0n) is 19.5. The van der Waals surface area contributed by atoms with Gasteiger partial charge in [-0.05, 0) is 60.7 Å². The topological polar surface area (TPSA) is 96.3 Å². The highest BCUT2D eigenvalue weighted by atomic mass is 16.5. The average Bonchev–Trinajstić information content (AvgIpc) is 3.03. The molecule has 2 aromatic rings. The van der Waals surface area contributed by atoms with Crippen LogP contribution >= 0.6 is 0 Å². The minimum Gasteiger partial charge on any atom is -0.508 e. The molecule has 0 unspecified atom stereocenters. The molecule has 0 saturated carbocycles. The number of carbonyl (C=O) groups is 2. The number of ketones is 1. The summed E-state index contributed by atoms with van der Waals surface area (Å²) < 4.78 is 10.9. The molecular weight excluding hydrogens is 422 g/mol. The third-order valence-electron chi connectivity index (χ3n) is 5.53. The van der Waals surface area contributed by atoms with Crippen LogP contribution in [-0.2, 0) is 14.3 Å². The van der Waals surface area contributed by atoms with Crippen LogP contribution in [0.25, 0.3) is 5.76 Å². The summed E-state index contributed by atoms with van der Waals surface area (Å²) in [5, 5.41) is 20.9. The number of methoxy groups -OCH3 is 1. The van der Waals surface area contributed by atoms with Crippen molar-refractivity contribution in [1.29, 1.82) is 0 Å². The first kappa shape index (κ1) is 24.3. The van der Waals surface area contributed by atoms with Crippen molar-refractivity contribution in [3.8, 4) is 11.5 Å². The first-order valence-corrected chi connectivity index (χ1v) is 11.0. The molecule has 0 bridgehead atoms. The number of hydrogen-bond acceptors (Lipinski definition) is 6. The minimum atomic E-state index is -0.765. The third-order valence-corrected chi connectivity index (χ3v) is 5.53. The van der Waals surface area contributed by atoms with Crippen LogP contribution in [-0.4, -0.2) is 53.7 Å². The van der Waals surface area contributed by atoms with Gasteiger partial charge in [0.1, 0.15) is 17.3 Å². The van der Waals surface area contributed by atoms with E-state index in [0.29, 0.717) is 49.0 Å². The van der Waals surface area contributed by atoms with E-state index >= 15 is 0 Å². The number of carbonyl (C=O) groups excluding carboxylic acids is 2. The highest BCUT2D eigenvalue weighted by molar-refractivity contribution is 6.46. The van der Waals surface area contributed by atoms with Gasteiger partial charge in [0.15, 0.2) is 0 Å². The maximum Gasteiger partial charge on any atom is 0.295 e. The first-order chi connectivity index (χ1) is 15.7. The SMILES string of the molecule is COCCCN1C(=O)C(=O)/C(=C(/O)c2ccc(OCC(C)C)cc2C)[C@@H]1c1ccc(O)cc1. The Kier molecular flexibility index (Phi) is 7.76. The van der Waals surface area contributed by atoms with Crippen molar-refractivity contribution in [3.63, 3.8) is 0 Å². The summed E-state index contributed by atoms with van der Waals surface area (Å²) in [7, 11) is 1.57. The van der Waals surface area contributed by atoms with E-state index < -0.39 is 17.7 Å². The van der Waals surface area contributed by atoms with Gasteiger partial charge in [-0.25, -0.2) is 0 Å². The number of aromatic hydroxyl groups is 1. The molecule has 1 aliphatic rings. The molecule has 1 fully saturated rings. The van der Waals surface area contributed by atoms with E-state index in [9.17, 15) is 19.8 Å². The Labute approximate surface area is 194 Å². The molecule has 176 valence electrons. The Morgan fingerprint density at radius 3 is 2.42 bits per heavy atom. The molecule has 7 nitrogen and oxygen atoms in total. The van der Waals surface area contributed by atoms with Gasteiger partial charge in [-0.3, -0.25) is 9.59 Å². The van der Waals surface area contributed by atoms with Crippen LogP contribution in [0, 0.1) is 12.8 Å². The second-order valence-corrected chi connectivity index (χ2v) is 8.61. The van der Waals surface area contributed by atoms with Gasteiger partial charge in [0.25, 0.3) is 11.7 Å². The Balaban J connectivity index is 2.05. The monoisotopic (exact) mass is 453 g/mol. The Bertz CT molecular complexity index is 1040. The summed E-state index contributed by atoms with van der Waals surface area (Å²) in [5.41, 5.74) is 1.84. The van der Waals surface area contributed by atoms with Crippen molar-refractivity contribution in [2.45, 2.75) is 33.2 Å². The summed E-state index contributed by atoms with van der Waals surface area (Å²) in [4.78, 5) is 27.4. The average molecular weight is 454 g/mol. The van der Waals surface area contributed by atoms with Crippen molar-refractivity contribution in [2.24, 2.45) is 5.92 Å². The molecule has 0 spiro atoms. The van der Waals surface area contributed by atoms with E-state index in [1.807, 2.05) is 13.0 Å². The molecule has 0 aromatic heterocycles. The second kappa shape index (κ2) is 10.5. The van der Waals surface area contributed by atoms with Gasteiger partial charge in [-0.2, -0.15) is 0 Å². The second-order valence-electron chi connectivity index (χ2n) is 8.61. The molecule has 2 aromatic carbocycles. The number of phenolic OH excluding ortho intramolecular Hbond substituents is 1. The normalized spacial score (nSPS) is 17.7. The van der Waals surface area contributed by atoms with Gasteiger partial charge >= 0.3 is 0 Å². The highest BCUT2D eigenvalue weighted by Gasteiger charge is 2.45. The van der Waals surface area contributed by atoms with Crippen LogP contribution in [0.1, 0.15) is 43.0 Å². The fourth-order valence-electron chi connectivity index (χ4n) is 3.89. The van der Waals surface area contributed by atoms with Gasteiger partial charge in [0, 0.05) is 25.8 Å². The summed E-state index contributed by atoms with van der Waals surface area (Å²) in [6.45, 7) is 7.23. The van der Waals surface area contributed by atoms with Crippen LogP contribution < -0.4 is 4.74 Å². The maximum atomic E-state index is 13.1. The molecule has 33 heavy (non-hydrogen) atoms. The lowest BCUT2D eigenvalue weighted by atomic mass is 9.94. The Morgan fingerprint density at radius 1 is 1.12 bits per heavy atom. The van der Waals surface area contributed by atoms with Crippen LogP contribution in [0.3, 0.4) is 0 Å². The number of phenols is 1. The number of Topliss-reactive ketones (excluding diaryl/α,β-unsaturated/α-hetero) is 1. The summed E-state index contributed by atoms with van der Waals surface area (Å²) in [6.07, 6.45) is 0.541. The smallest absolute Gasteiger partial charge is 0.295 e. The number of hydrogen-bond donors (Lipinski definition) is 2. The van der Waals surface area contributed by atoms with E-state index in [1.165, 1.54) is 17.0 Å². The fraction of sp³-hybridized carbons (Fsp3) is 0.385. The number of benzene rings is 2. The van der Waals surface area contributed by atoms with Crippen molar-refractivity contribution < 1.29 is 29.3 Å². The van der Waals surface area contributed by atoms with Gasteiger partial charge in [0.05, 0.1) is 18.2 Å². The molecule has 3 rings (SSSR count). The molecule has 1 atom stereocenters. The first-order valence-electron chi connectivity index (χ1n) is 11.0. The molecule has 1 heterocycles. The molecule has 1 saturated heterocycles. The minimum absolute atomic E-state index is 0.0297. The number of amides is 1. The lowest BCUT2D eigenvalue weighted by Gasteiger charge is -2.25. The van der Waals surface area contributed by atoms with E-state index in [4.69, 9.17) is 9.47 Å². The number of ether oxygens (including phenoxy) is 2. The van der Waals surface area contributed by atoms with Crippen molar-refractivity contribution >= 4 is 17.4 Å². The van der Waals surface area contributed by atoms with Crippen molar-refractivity contribution in [2.75, 3.05) is 26.9 Å². The lowest BCUT2D eigenvalue weighted by molar-refractivity contribution is -0.140. The number of nitrogens with zero attached hydrogens (tertiary/aromatic N) is 1. The predicted molar refractivity (Wildman–Crippen MR) is 125 cm³/mol. The number of likely N-dealkylation sites (tertiary alicyclic amines) is 1. The van der Waals surface area contributed by atoms with E-state index in [2.05, 4.69) is 13.8 Å². The number of aliphatic hydroxyl groups excluding tert-OH is 1. The zero-order valence-corrected chi connectivity index (χ0v) is 19.5. The molecule has 2 N–H and O–H groups in total. The summed E-state index contributed by atoms with van der Waals surface area (Å²) >= 11 is 0. The number of rotatable bonds is 9. The Hall–Kier alpha value is -3.32. The van der Waals surface area contributed by atoms with Gasteiger partial charge in [-0.15, -0.1) is 0 Å². The lowest BCUT2D eigenvalue weighted by Crippen LogP contribution is -2.31. The van der Waals surface area contributed by atoms with Crippen LogP contribution in [0.4, 0.5) is 0 Å². The maximum absolute atomic E-state index is 13.1. The summed E-state index contributed by atoms with van der Waals surface area (Å²) in [5.74, 6) is -0.509. The summed E-state index contributed by atoms with van der Waals surface area (Å²) in [6, 6.07) is 10.8. The van der Waals surface area contributed by atoms with E-state index in [1.54, 1.807) is 31.4 Å². The predicted octanol–water partition coefficient (Wildman–Crippen LogP) is 4.19. The molecule has 1 amide bonds. The van der Waals surface area contributed by atoms with E-state index in [-0.39, 0.29) is 17.1 Å². The third kappa shape index (κ3) is 5.37. The van der Waals surface area contributed by atoms with Crippen LogP contribution in [0.5, 0.6) is 11.5 Å². The van der Waals surface area contributed by atoms with Crippen LogP contribution in [0.2, 0.25) is 0 Å². The van der Waals surface area contributed by atoms with Crippen LogP contribution in [0.15, 0.2) is 48.0 Å². The highest BCUT2D eigenvalue weighted by Crippen LogP contribution is 2.40.